The molecule has 0 saturated carbocycles. The highest BCUT2D eigenvalue weighted by atomic mass is 16.5. The molecular formula is C13H17N7O. The minimum Gasteiger partial charge on any atom is -0.423 e. The first-order valence-corrected chi connectivity index (χ1v) is 6.69. The molecule has 3 rings (SSSR count). The molecule has 0 unspecified atom stereocenters. The number of nitrogens with zero attached hydrogens (tertiary/aromatic N) is 5. The highest BCUT2D eigenvalue weighted by Gasteiger charge is 2.19. The van der Waals surface area contributed by atoms with Crippen LogP contribution in [-0.2, 0) is 0 Å². The van der Waals surface area contributed by atoms with E-state index in [1.165, 1.54) is 0 Å². The molecule has 4 N–H and O–H groups in total. The Labute approximate surface area is 121 Å². The predicted molar refractivity (Wildman–Crippen MR) is 78.3 cm³/mol. The number of hydrogen-bond acceptors (Lipinski definition) is 7. The number of hydrogen-bond donors (Lipinski definition) is 3. The number of nitrogens with one attached hydrogen (secondary N) is 1. The second-order valence-electron chi connectivity index (χ2n) is 4.84. The molecule has 8 heteroatoms. The Morgan fingerprint density at radius 2 is 1.76 bits per heavy atom. The second kappa shape index (κ2) is 5.31. The molecule has 8 nitrogen and oxygen atoms in total. The van der Waals surface area contributed by atoms with E-state index >= 15 is 0 Å². The van der Waals surface area contributed by atoms with Crippen LogP contribution in [0.4, 0.5) is 17.5 Å². The van der Waals surface area contributed by atoms with Crippen LogP contribution in [0.1, 0.15) is 0 Å². The van der Waals surface area contributed by atoms with Crippen molar-refractivity contribution >= 4 is 17.5 Å². The first-order chi connectivity index (χ1) is 10.1. The summed E-state index contributed by atoms with van der Waals surface area (Å²) in [7, 11) is 0. The number of rotatable bonds is 2. The van der Waals surface area contributed by atoms with E-state index < -0.39 is 0 Å². The SMILES string of the molecule is N=c1nc(N2CCN(c3ccccn3)CC2)cc(N)n1O. The molecule has 0 atom stereocenters. The van der Waals surface area contributed by atoms with E-state index in [-0.39, 0.29) is 11.4 Å². The molecular weight excluding hydrogens is 270 g/mol. The number of piperazine rings is 1. The summed E-state index contributed by atoms with van der Waals surface area (Å²) in [6.45, 7) is 3.16. The quantitative estimate of drug-likeness (QED) is 0.666. The van der Waals surface area contributed by atoms with Crippen molar-refractivity contribution in [1.29, 1.82) is 5.41 Å². The Hall–Kier alpha value is -2.77. The fourth-order valence-electron chi connectivity index (χ4n) is 2.37. The van der Waals surface area contributed by atoms with Gasteiger partial charge in [-0.15, -0.1) is 4.73 Å². The lowest BCUT2D eigenvalue weighted by Gasteiger charge is -2.36. The maximum absolute atomic E-state index is 9.43. The minimum absolute atomic E-state index is 0.108. The van der Waals surface area contributed by atoms with Crippen LogP contribution in [0.15, 0.2) is 30.5 Å². The van der Waals surface area contributed by atoms with E-state index in [2.05, 4.69) is 14.9 Å². The van der Waals surface area contributed by atoms with Crippen LogP contribution < -0.4 is 21.2 Å². The van der Waals surface area contributed by atoms with Gasteiger partial charge in [0.05, 0.1) is 0 Å². The average Bonchev–Trinajstić information content (AvgIpc) is 2.53. The summed E-state index contributed by atoms with van der Waals surface area (Å²) < 4.78 is 0.563. The van der Waals surface area contributed by atoms with Crippen LogP contribution in [0.5, 0.6) is 0 Å². The zero-order valence-corrected chi connectivity index (χ0v) is 11.5. The van der Waals surface area contributed by atoms with Gasteiger partial charge in [0, 0.05) is 38.4 Å². The van der Waals surface area contributed by atoms with Gasteiger partial charge < -0.3 is 20.7 Å². The van der Waals surface area contributed by atoms with E-state index in [1.54, 1.807) is 12.3 Å². The van der Waals surface area contributed by atoms with E-state index in [0.717, 1.165) is 32.0 Å². The highest BCUT2D eigenvalue weighted by Crippen LogP contribution is 2.17. The average molecular weight is 287 g/mol. The third kappa shape index (κ3) is 2.60. The summed E-state index contributed by atoms with van der Waals surface area (Å²) in [5.41, 5.74) is 5.39. The van der Waals surface area contributed by atoms with Crippen LogP contribution in [-0.4, -0.2) is 46.1 Å². The molecule has 3 heterocycles. The highest BCUT2D eigenvalue weighted by molar-refractivity contribution is 5.48. The van der Waals surface area contributed by atoms with Gasteiger partial charge >= 0.3 is 0 Å². The van der Waals surface area contributed by atoms with Crippen LogP contribution in [0.3, 0.4) is 0 Å². The zero-order valence-electron chi connectivity index (χ0n) is 11.5. The van der Waals surface area contributed by atoms with Crippen molar-refractivity contribution in [2.24, 2.45) is 0 Å². The van der Waals surface area contributed by atoms with Crippen molar-refractivity contribution in [3.05, 3.63) is 36.1 Å². The molecule has 110 valence electrons. The van der Waals surface area contributed by atoms with Crippen LogP contribution >= 0.6 is 0 Å². The van der Waals surface area contributed by atoms with Gasteiger partial charge in [0.15, 0.2) is 0 Å². The van der Waals surface area contributed by atoms with Crippen molar-refractivity contribution < 1.29 is 5.21 Å². The maximum Gasteiger partial charge on any atom is 0.259 e. The molecule has 1 aliphatic rings. The number of pyridine rings is 1. The van der Waals surface area contributed by atoms with Crippen LogP contribution in [0.2, 0.25) is 0 Å². The monoisotopic (exact) mass is 287 g/mol. The lowest BCUT2D eigenvalue weighted by Crippen LogP contribution is -2.47. The normalized spacial score (nSPS) is 15.2. The molecule has 1 aliphatic heterocycles. The molecule has 21 heavy (non-hydrogen) atoms. The van der Waals surface area contributed by atoms with Gasteiger partial charge in [0.1, 0.15) is 17.5 Å². The van der Waals surface area contributed by atoms with Crippen molar-refractivity contribution in [3.8, 4) is 0 Å². The van der Waals surface area contributed by atoms with Crippen LogP contribution in [0, 0.1) is 5.41 Å². The lowest BCUT2D eigenvalue weighted by molar-refractivity contribution is 0.171. The molecule has 2 aromatic heterocycles. The molecule has 0 amide bonds. The Bertz CT molecular complexity index is 677. The molecule has 1 fully saturated rings. The second-order valence-corrected chi connectivity index (χ2v) is 4.84. The van der Waals surface area contributed by atoms with Gasteiger partial charge in [-0.1, -0.05) is 6.07 Å². The summed E-state index contributed by atoms with van der Waals surface area (Å²) in [4.78, 5) is 12.6. The van der Waals surface area contributed by atoms with Gasteiger partial charge in [-0.05, 0) is 12.1 Å². The molecule has 2 aromatic rings. The van der Waals surface area contributed by atoms with Gasteiger partial charge in [-0.2, -0.15) is 4.98 Å². The van der Waals surface area contributed by atoms with E-state index in [1.807, 2.05) is 23.1 Å². The summed E-state index contributed by atoms with van der Waals surface area (Å²) in [6, 6.07) is 7.44. The van der Waals surface area contributed by atoms with Gasteiger partial charge in [-0.3, -0.25) is 5.41 Å². The zero-order chi connectivity index (χ0) is 14.8. The van der Waals surface area contributed by atoms with Crippen LogP contribution in [0.25, 0.3) is 0 Å². The predicted octanol–water partition coefficient (Wildman–Crippen LogP) is -0.0963. The molecule has 0 aromatic carbocycles. The van der Waals surface area contributed by atoms with Gasteiger partial charge in [0.2, 0.25) is 0 Å². The summed E-state index contributed by atoms with van der Waals surface area (Å²) in [6.07, 6.45) is 1.79. The molecule has 0 radical (unpaired) electrons. The number of anilines is 3. The molecule has 0 spiro atoms. The van der Waals surface area contributed by atoms with Crippen molar-refractivity contribution in [3.63, 3.8) is 0 Å². The molecule has 0 bridgehead atoms. The Morgan fingerprint density at radius 3 is 2.33 bits per heavy atom. The fraction of sp³-hybridized carbons (Fsp3) is 0.308. The maximum atomic E-state index is 9.43. The third-order valence-electron chi connectivity index (χ3n) is 3.52. The largest absolute Gasteiger partial charge is 0.423 e. The Morgan fingerprint density at radius 1 is 1.10 bits per heavy atom. The van der Waals surface area contributed by atoms with E-state index in [9.17, 15) is 5.21 Å². The molecule has 0 aliphatic carbocycles. The number of nitrogen functional groups attached to an aromatic ring is 1. The summed E-state index contributed by atoms with van der Waals surface area (Å²) >= 11 is 0. The number of aromatic nitrogens is 3. The topological polar surface area (TPSA) is 107 Å². The van der Waals surface area contributed by atoms with Crippen molar-refractivity contribution in [2.45, 2.75) is 0 Å². The third-order valence-corrected chi connectivity index (χ3v) is 3.52. The first kappa shape index (κ1) is 13.2. The summed E-state index contributed by atoms with van der Waals surface area (Å²) in [5, 5.41) is 17.0. The fourth-order valence-corrected chi connectivity index (χ4v) is 2.37. The lowest BCUT2D eigenvalue weighted by atomic mass is 10.3. The van der Waals surface area contributed by atoms with Gasteiger partial charge in [-0.25, -0.2) is 4.98 Å². The smallest absolute Gasteiger partial charge is 0.259 e. The standard InChI is InChI=1S/C13H17N7O/c14-10-9-12(17-13(15)20(10)21)19-7-5-18(6-8-19)11-3-1-2-4-16-11/h1-4,9,15,21H,5-8,14H2. The summed E-state index contributed by atoms with van der Waals surface area (Å²) in [5.74, 6) is 1.69. The Balaban J connectivity index is 1.73. The van der Waals surface area contributed by atoms with Gasteiger partial charge in [0.25, 0.3) is 5.62 Å². The minimum atomic E-state index is -0.267. The molecule has 1 saturated heterocycles. The van der Waals surface area contributed by atoms with Crippen molar-refractivity contribution in [2.75, 3.05) is 41.7 Å². The number of nitrogens with two attached hydrogens (primary N) is 1. The van der Waals surface area contributed by atoms with E-state index in [0.29, 0.717) is 10.5 Å². The van der Waals surface area contributed by atoms with Crippen molar-refractivity contribution in [1.82, 2.24) is 14.7 Å². The van der Waals surface area contributed by atoms with E-state index in [4.69, 9.17) is 11.1 Å². The first-order valence-electron chi connectivity index (χ1n) is 6.69. The Kier molecular flexibility index (Phi) is 3.35.